The van der Waals surface area contributed by atoms with Crippen molar-refractivity contribution in [3.05, 3.63) is 107 Å². The van der Waals surface area contributed by atoms with Gasteiger partial charge in [-0.15, -0.1) is 0 Å². The molecule has 264 valence electrons. The molecule has 4 atom stereocenters. The summed E-state index contributed by atoms with van der Waals surface area (Å²) in [6.45, 7) is 20.6. The van der Waals surface area contributed by atoms with Crippen molar-refractivity contribution >= 4 is 34.6 Å². The summed E-state index contributed by atoms with van der Waals surface area (Å²) in [6, 6.07) is 26.0. The number of benzene rings is 2. The standard InChI is InChI=1S/C46H68Si3/c1-9-47(7,37-23-15-11-16-24-37)41-31-43(35(3)4)45(33-41)49(39-27-19-13-20-28-39,40-29-21-14-22-30-40)46-34-42(32-44(46)36(5)6)48(8,10-2)38-25-17-12-18-26-38/h11-12,15-18,23-26,31-36,39-40,45-46H,9-10,13-14,19-22,27-30H2,1-8H3. The molecule has 4 aliphatic rings. The third-order valence-corrected chi connectivity index (χ3v) is 31.0. The molecule has 0 nitrogen and oxygen atoms in total. The van der Waals surface area contributed by atoms with Gasteiger partial charge in [0.2, 0.25) is 0 Å². The normalized spacial score (nSPS) is 25.1. The predicted octanol–water partition coefficient (Wildman–Crippen LogP) is 13.0. The van der Waals surface area contributed by atoms with Crippen LogP contribution in [-0.4, -0.2) is 24.2 Å². The number of hydrogen-bond acceptors (Lipinski definition) is 0. The van der Waals surface area contributed by atoms with Crippen LogP contribution in [0.25, 0.3) is 0 Å². The van der Waals surface area contributed by atoms with E-state index in [2.05, 4.69) is 140 Å². The van der Waals surface area contributed by atoms with Crippen LogP contribution in [0.2, 0.25) is 47.3 Å². The fourth-order valence-electron chi connectivity index (χ4n) is 11.3. The Hall–Kier alpha value is -1.95. The smallest absolute Gasteiger partial charge is 0.0803 e. The quantitative estimate of drug-likeness (QED) is 0.193. The zero-order chi connectivity index (χ0) is 34.8. The second-order valence-corrected chi connectivity index (χ2v) is 31.5. The molecule has 0 aromatic heterocycles. The lowest BCUT2D eigenvalue weighted by atomic mass is 9.98. The van der Waals surface area contributed by atoms with Crippen LogP contribution >= 0.6 is 0 Å². The van der Waals surface area contributed by atoms with Crippen LogP contribution in [-0.2, 0) is 0 Å². The fourth-order valence-corrected chi connectivity index (χ4v) is 26.7. The molecule has 0 radical (unpaired) electrons. The van der Waals surface area contributed by atoms with Crippen LogP contribution < -0.4 is 10.4 Å². The summed E-state index contributed by atoms with van der Waals surface area (Å²) in [6.07, 6.45) is 26.4. The molecule has 6 rings (SSSR count). The van der Waals surface area contributed by atoms with E-state index in [1.807, 2.05) is 11.1 Å². The van der Waals surface area contributed by atoms with Crippen molar-refractivity contribution in [3.63, 3.8) is 0 Å². The first kappa shape index (κ1) is 36.8. The molecule has 49 heavy (non-hydrogen) atoms. The molecule has 2 aromatic carbocycles. The number of rotatable bonds is 12. The van der Waals surface area contributed by atoms with E-state index in [1.165, 1.54) is 76.3 Å². The zero-order valence-electron chi connectivity index (χ0n) is 32.5. The van der Waals surface area contributed by atoms with Gasteiger partial charge < -0.3 is 0 Å². The van der Waals surface area contributed by atoms with Gasteiger partial charge in [0, 0.05) is 0 Å². The maximum atomic E-state index is 3.03. The lowest BCUT2D eigenvalue weighted by molar-refractivity contribution is 0.441. The van der Waals surface area contributed by atoms with E-state index >= 15 is 0 Å². The molecule has 0 N–H and O–H groups in total. The maximum absolute atomic E-state index is 3.03. The first-order valence-electron chi connectivity index (χ1n) is 20.6. The SMILES string of the molecule is CC[Si](C)(C1=CC([Si](C2CCCCC2)(C2CCCCC2)C2C=C([Si](C)(CC)c3ccccc3)C=C2C(C)C)C(C(C)C)=C1)c1ccccc1. The van der Waals surface area contributed by atoms with Crippen molar-refractivity contribution in [1.82, 2.24) is 0 Å². The van der Waals surface area contributed by atoms with Crippen molar-refractivity contribution in [1.29, 1.82) is 0 Å². The second-order valence-electron chi connectivity index (χ2n) is 17.6. The van der Waals surface area contributed by atoms with Crippen LogP contribution in [0.1, 0.15) is 106 Å². The summed E-state index contributed by atoms with van der Waals surface area (Å²) in [5, 5.41) is 6.80. The van der Waals surface area contributed by atoms with Crippen LogP contribution in [0.5, 0.6) is 0 Å². The Morgan fingerprint density at radius 2 is 0.878 bits per heavy atom. The van der Waals surface area contributed by atoms with Gasteiger partial charge in [0.05, 0.1) is 8.07 Å². The average molecular weight is 705 g/mol. The summed E-state index contributed by atoms with van der Waals surface area (Å²) in [5.41, 5.74) is 6.86. The molecule has 0 amide bonds. The first-order valence-corrected chi connectivity index (χ1v) is 28.3. The summed E-state index contributed by atoms with van der Waals surface area (Å²) in [7, 11) is -5.82. The van der Waals surface area contributed by atoms with E-state index in [1.54, 1.807) is 20.8 Å². The molecule has 0 aliphatic heterocycles. The fraction of sp³-hybridized carbons (Fsp3) is 0.565. The van der Waals surface area contributed by atoms with Crippen LogP contribution in [0.15, 0.2) is 107 Å². The lowest BCUT2D eigenvalue weighted by Crippen LogP contribution is -2.54. The Labute approximate surface area is 304 Å². The Balaban J connectivity index is 1.62. The van der Waals surface area contributed by atoms with Crippen molar-refractivity contribution < 1.29 is 0 Å². The maximum Gasteiger partial charge on any atom is 0.114 e. The van der Waals surface area contributed by atoms with Gasteiger partial charge in [-0.25, -0.2) is 0 Å². The molecular formula is C46H68Si3. The van der Waals surface area contributed by atoms with E-state index in [-0.39, 0.29) is 0 Å². The van der Waals surface area contributed by atoms with Crippen LogP contribution in [0, 0.1) is 11.8 Å². The number of hydrogen-bond donors (Lipinski definition) is 0. The highest BCUT2D eigenvalue weighted by atomic mass is 28.3. The van der Waals surface area contributed by atoms with E-state index in [0.717, 1.165) is 11.1 Å². The predicted molar refractivity (Wildman–Crippen MR) is 225 cm³/mol. The Morgan fingerprint density at radius 1 is 0.531 bits per heavy atom. The molecule has 0 heterocycles. The molecule has 0 bridgehead atoms. The molecule has 0 spiro atoms. The molecule has 2 aromatic rings. The van der Waals surface area contributed by atoms with E-state index < -0.39 is 24.2 Å². The van der Waals surface area contributed by atoms with Gasteiger partial charge in [-0.1, -0.05) is 248 Å². The number of allylic oxidation sites excluding steroid dienone is 8. The van der Waals surface area contributed by atoms with Crippen LogP contribution in [0.3, 0.4) is 0 Å². The minimum atomic E-state index is -2.09. The zero-order valence-corrected chi connectivity index (χ0v) is 35.5. The van der Waals surface area contributed by atoms with Crippen molar-refractivity contribution in [2.45, 2.75) is 153 Å². The summed E-state index contributed by atoms with van der Waals surface area (Å²) >= 11 is 0. The van der Waals surface area contributed by atoms with Crippen LogP contribution in [0.4, 0.5) is 0 Å². The molecule has 0 saturated heterocycles. The lowest BCUT2D eigenvalue weighted by Gasteiger charge is -2.56. The molecule has 2 saturated carbocycles. The largest absolute Gasteiger partial charge is 0.114 e. The highest BCUT2D eigenvalue weighted by molar-refractivity contribution is 6.98. The monoisotopic (exact) mass is 704 g/mol. The summed E-state index contributed by atoms with van der Waals surface area (Å²) in [4.78, 5) is 0. The second kappa shape index (κ2) is 15.3. The van der Waals surface area contributed by atoms with Gasteiger partial charge in [-0.05, 0) is 34.0 Å². The first-order chi connectivity index (χ1) is 23.6. The van der Waals surface area contributed by atoms with Crippen molar-refractivity contribution in [2.24, 2.45) is 11.8 Å². The van der Waals surface area contributed by atoms with E-state index in [9.17, 15) is 0 Å². The van der Waals surface area contributed by atoms with Crippen molar-refractivity contribution in [3.8, 4) is 0 Å². The third-order valence-electron chi connectivity index (χ3n) is 14.6. The molecule has 4 aliphatic carbocycles. The van der Waals surface area contributed by atoms with Gasteiger partial charge in [-0.2, -0.15) is 0 Å². The van der Waals surface area contributed by atoms with Gasteiger partial charge in [0.25, 0.3) is 0 Å². The Bertz CT molecular complexity index is 1420. The molecular weight excluding hydrogens is 637 g/mol. The van der Waals surface area contributed by atoms with Crippen molar-refractivity contribution in [2.75, 3.05) is 0 Å². The Morgan fingerprint density at radius 3 is 1.18 bits per heavy atom. The molecule has 4 unspecified atom stereocenters. The summed E-state index contributed by atoms with van der Waals surface area (Å²) in [5.74, 6) is 1.19. The highest BCUT2D eigenvalue weighted by Crippen LogP contribution is 2.66. The molecule has 3 heteroatoms. The Kier molecular flexibility index (Phi) is 11.5. The topological polar surface area (TPSA) is 0 Å². The molecule has 2 fully saturated rings. The van der Waals surface area contributed by atoms with E-state index in [4.69, 9.17) is 0 Å². The van der Waals surface area contributed by atoms with E-state index in [0.29, 0.717) is 22.9 Å². The minimum absolute atomic E-state index is 0.597. The van der Waals surface area contributed by atoms with Gasteiger partial charge in [-0.3, -0.25) is 0 Å². The highest BCUT2D eigenvalue weighted by Gasteiger charge is 2.60. The van der Waals surface area contributed by atoms with Gasteiger partial charge in [0.1, 0.15) is 16.1 Å². The van der Waals surface area contributed by atoms with Gasteiger partial charge >= 0.3 is 0 Å². The third kappa shape index (κ3) is 6.64. The minimum Gasteiger partial charge on any atom is -0.0803 e. The van der Waals surface area contributed by atoms with Gasteiger partial charge in [0.15, 0.2) is 0 Å². The average Bonchev–Trinajstić information content (AvgIpc) is 3.81. The summed E-state index contributed by atoms with van der Waals surface area (Å²) < 4.78 is 0.